The van der Waals surface area contributed by atoms with Crippen LogP contribution in [0.25, 0.3) is 0 Å². The molecule has 0 aliphatic heterocycles. The number of carboxylic acid groups (broad SMARTS) is 1. The molecule has 1 heterocycles. The van der Waals surface area contributed by atoms with Crippen LogP contribution in [-0.4, -0.2) is 40.4 Å². The molecule has 5 nitrogen and oxygen atoms in total. The van der Waals surface area contributed by atoms with Crippen LogP contribution in [0.15, 0.2) is 17.4 Å². The molecule has 0 saturated heterocycles. The minimum absolute atomic E-state index is 0.172. The summed E-state index contributed by atoms with van der Waals surface area (Å²) >= 11 is 1.46. The minimum Gasteiger partial charge on any atom is -0.480 e. The van der Waals surface area contributed by atoms with Gasteiger partial charge in [-0.15, -0.1) is 18.2 Å². The predicted octanol–water partition coefficient (Wildman–Crippen LogP) is 0.723. The van der Waals surface area contributed by atoms with Crippen molar-refractivity contribution in [3.8, 4) is 12.3 Å². The summed E-state index contributed by atoms with van der Waals surface area (Å²) in [4.78, 5) is 20.2. The average molecular weight is 237 g/mol. The summed E-state index contributed by atoms with van der Waals surface area (Å²) in [5.41, 5.74) is 0. The first-order valence-electron chi connectivity index (χ1n) is 4.43. The van der Waals surface area contributed by atoms with E-state index in [4.69, 9.17) is 11.5 Å². The molecule has 0 spiro atoms. The van der Waals surface area contributed by atoms with E-state index in [2.05, 4.69) is 15.9 Å². The maximum absolute atomic E-state index is 10.7. The van der Waals surface area contributed by atoms with Crippen molar-refractivity contribution in [2.75, 3.05) is 24.2 Å². The summed E-state index contributed by atoms with van der Waals surface area (Å²) in [6, 6.07) is 1.71. The Labute approximate surface area is 97.9 Å². The van der Waals surface area contributed by atoms with E-state index in [9.17, 15) is 4.79 Å². The minimum atomic E-state index is -0.945. The summed E-state index contributed by atoms with van der Waals surface area (Å²) in [6.07, 6.45) is 8.46. The number of terminal acetylenes is 1. The van der Waals surface area contributed by atoms with Gasteiger partial charge in [0.25, 0.3) is 0 Å². The molecule has 0 radical (unpaired) electrons. The van der Waals surface area contributed by atoms with Crippen molar-refractivity contribution in [1.29, 1.82) is 0 Å². The molecule has 0 unspecified atom stereocenters. The quantitative estimate of drug-likeness (QED) is 0.462. The Balaban J connectivity index is 2.91. The SMILES string of the molecule is C#CCN(CC(=O)O)c1cc(SC)ncn1. The Kier molecular flexibility index (Phi) is 4.61. The van der Waals surface area contributed by atoms with Gasteiger partial charge in [-0.2, -0.15) is 0 Å². The van der Waals surface area contributed by atoms with E-state index >= 15 is 0 Å². The lowest BCUT2D eigenvalue weighted by Crippen LogP contribution is -2.30. The zero-order chi connectivity index (χ0) is 12.0. The topological polar surface area (TPSA) is 66.3 Å². The highest BCUT2D eigenvalue weighted by atomic mass is 32.2. The van der Waals surface area contributed by atoms with Crippen molar-refractivity contribution in [3.63, 3.8) is 0 Å². The van der Waals surface area contributed by atoms with E-state index < -0.39 is 5.97 Å². The van der Waals surface area contributed by atoms with Crippen molar-refractivity contribution in [3.05, 3.63) is 12.4 Å². The Morgan fingerprint density at radius 2 is 2.44 bits per heavy atom. The van der Waals surface area contributed by atoms with Crippen LogP contribution >= 0.6 is 11.8 Å². The smallest absolute Gasteiger partial charge is 0.323 e. The molecule has 0 aromatic carbocycles. The highest BCUT2D eigenvalue weighted by Crippen LogP contribution is 2.16. The third-order valence-electron chi connectivity index (χ3n) is 1.77. The molecular weight excluding hydrogens is 226 g/mol. The summed E-state index contributed by atoms with van der Waals surface area (Å²) in [6.45, 7) is 0.0339. The molecule has 0 aliphatic carbocycles. The van der Waals surface area contributed by atoms with Crippen LogP contribution in [0, 0.1) is 12.3 Å². The zero-order valence-corrected chi connectivity index (χ0v) is 9.57. The molecule has 1 N–H and O–H groups in total. The van der Waals surface area contributed by atoms with Gasteiger partial charge in [0.15, 0.2) is 0 Å². The molecule has 0 saturated carbocycles. The van der Waals surface area contributed by atoms with E-state index in [0.29, 0.717) is 5.82 Å². The third kappa shape index (κ3) is 3.44. The van der Waals surface area contributed by atoms with Gasteiger partial charge < -0.3 is 10.0 Å². The Morgan fingerprint density at radius 3 is 3.00 bits per heavy atom. The van der Waals surface area contributed by atoms with Crippen LogP contribution in [0.2, 0.25) is 0 Å². The molecule has 1 aromatic heterocycles. The van der Waals surface area contributed by atoms with Crippen LogP contribution in [-0.2, 0) is 4.79 Å². The molecule has 1 aromatic rings. The highest BCUT2D eigenvalue weighted by molar-refractivity contribution is 7.98. The normalized spacial score (nSPS) is 9.50. The van der Waals surface area contributed by atoms with Gasteiger partial charge in [-0.3, -0.25) is 4.79 Å². The summed E-state index contributed by atoms with van der Waals surface area (Å²) in [7, 11) is 0. The maximum atomic E-state index is 10.7. The molecule has 6 heteroatoms. The van der Waals surface area contributed by atoms with Crippen molar-refractivity contribution < 1.29 is 9.90 Å². The van der Waals surface area contributed by atoms with Crippen LogP contribution in [0.4, 0.5) is 5.82 Å². The number of hydrogen-bond acceptors (Lipinski definition) is 5. The van der Waals surface area contributed by atoms with Gasteiger partial charge in [0.1, 0.15) is 23.7 Å². The first kappa shape index (κ1) is 12.3. The summed E-state index contributed by atoms with van der Waals surface area (Å²) < 4.78 is 0. The Bertz CT molecular complexity index is 417. The van der Waals surface area contributed by atoms with Gasteiger partial charge >= 0.3 is 5.97 Å². The van der Waals surface area contributed by atoms with Gasteiger partial charge in [-0.05, 0) is 6.26 Å². The van der Waals surface area contributed by atoms with E-state index in [1.54, 1.807) is 6.07 Å². The second-order valence-corrected chi connectivity index (χ2v) is 3.70. The number of thioether (sulfide) groups is 1. The largest absolute Gasteiger partial charge is 0.480 e. The standard InChI is InChI=1S/C10H11N3O2S/c1-3-4-13(6-10(14)15)8-5-9(16-2)12-7-11-8/h1,5,7H,4,6H2,2H3,(H,14,15). The lowest BCUT2D eigenvalue weighted by atomic mass is 10.4. The molecule has 0 bridgehead atoms. The highest BCUT2D eigenvalue weighted by Gasteiger charge is 2.11. The average Bonchev–Trinajstić information content (AvgIpc) is 2.28. The molecule has 16 heavy (non-hydrogen) atoms. The number of carbonyl (C=O) groups is 1. The third-order valence-corrected chi connectivity index (χ3v) is 2.41. The van der Waals surface area contributed by atoms with Crippen LogP contribution in [0.5, 0.6) is 0 Å². The van der Waals surface area contributed by atoms with E-state index in [1.165, 1.54) is 23.0 Å². The predicted molar refractivity (Wildman–Crippen MR) is 62.5 cm³/mol. The fourth-order valence-corrected chi connectivity index (χ4v) is 1.48. The molecule has 0 fully saturated rings. The summed E-state index contributed by atoms with van der Waals surface area (Å²) in [5.74, 6) is 1.99. The first-order valence-corrected chi connectivity index (χ1v) is 5.66. The lowest BCUT2D eigenvalue weighted by Gasteiger charge is -2.18. The molecule has 0 aliphatic rings. The Morgan fingerprint density at radius 1 is 1.69 bits per heavy atom. The second kappa shape index (κ2) is 5.98. The molecule has 0 atom stereocenters. The van der Waals surface area contributed by atoms with Crippen LogP contribution in [0.3, 0.4) is 0 Å². The van der Waals surface area contributed by atoms with Gasteiger partial charge in [-0.1, -0.05) is 5.92 Å². The molecule has 0 amide bonds. The fourth-order valence-electron chi connectivity index (χ4n) is 1.11. The van der Waals surface area contributed by atoms with Gasteiger partial charge in [0, 0.05) is 6.07 Å². The van der Waals surface area contributed by atoms with E-state index in [-0.39, 0.29) is 13.1 Å². The number of rotatable bonds is 5. The van der Waals surface area contributed by atoms with Crippen molar-refractivity contribution in [2.24, 2.45) is 0 Å². The number of nitrogens with zero attached hydrogens (tertiary/aromatic N) is 3. The van der Waals surface area contributed by atoms with Gasteiger partial charge in [0.2, 0.25) is 0 Å². The van der Waals surface area contributed by atoms with Crippen molar-refractivity contribution in [2.45, 2.75) is 5.03 Å². The fraction of sp³-hybridized carbons (Fsp3) is 0.300. The number of hydrogen-bond donors (Lipinski definition) is 1. The first-order chi connectivity index (χ1) is 7.67. The summed E-state index contributed by atoms with van der Waals surface area (Å²) in [5, 5.41) is 9.51. The maximum Gasteiger partial charge on any atom is 0.323 e. The van der Waals surface area contributed by atoms with Crippen LogP contribution < -0.4 is 4.90 Å². The number of anilines is 1. The Hall–Kier alpha value is -1.74. The molecular formula is C10H11N3O2S. The van der Waals surface area contributed by atoms with Crippen LogP contribution in [0.1, 0.15) is 0 Å². The molecule has 1 rings (SSSR count). The zero-order valence-electron chi connectivity index (χ0n) is 8.75. The lowest BCUT2D eigenvalue weighted by molar-refractivity contribution is -0.135. The van der Waals surface area contributed by atoms with E-state index in [0.717, 1.165) is 5.03 Å². The monoisotopic (exact) mass is 237 g/mol. The number of carboxylic acids is 1. The number of aliphatic carboxylic acids is 1. The van der Waals surface area contributed by atoms with E-state index in [1.807, 2.05) is 6.26 Å². The number of aromatic nitrogens is 2. The second-order valence-electron chi connectivity index (χ2n) is 2.87. The molecule has 84 valence electrons. The van der Waals surface area contributed by atoms with Crippen molar-refractivity contribution in [1.82, 2.24) is 9.97 Å². The van der Waals surface area contributed by atoms with Crippen molar-refractivity contribution >= 4 is 23.5 Å². The van der Waals surface area contributed by atoms with Gasteiger partial charge in [-0.25, -0.2) is 9.97 Å². The van der Waals surface area contributed by atoms with Gasteiger partial charge in [0.05, 0.1) is 6.54 Å².